The maximum absolute atomic E-state index is 13.4. The summed E-state index contributed by atoms with van der Waals surface area (Å²) in [6.07, 6.45) is 2.94. The van der Waals surface area contributed by atoms with Crippen molar-refractivity contribution >= 4 is 5.91 Å². The van der Waals surface area contributed by atoms with E-state index in [1.165, 1.54) is 0 Å². The Morgan fingerprint density at radius 2 is 2.37 bits per heavy atom. The standard InChI is InChI=1S/C13H16F2N2O2/c1-2-10-8(4-6-19-10)7-17-13(18)9-3-5-16-12(15)11(9)14/h3,5,8,10H,2,4,6-7H2,1H3,(H,17,18). The molecule has 0 aromatic carbocycles. The first-order chi connectivity index (χ1) is 9.13. The third-order valence-electron chi connectivity index (χ3n) is 3.36. The summed E-state index contributed by atoms with van der Waals surface area (Å²) in [4.78, 5) is 14.9. The zero-order chi connectivity index (χ0) is 13.8. The molecule has 0 aliphatic carbocycles. The van der Waals surface area contributed by atoms with Gasteiger partial charge in [-0.25, -0.2) is 9.37 Å². The van der Waals surface area contributed by atoms with E-state index in [-0.39, 0.29) is 17.6 Å². The molecule has 2 atom stereocenters. The van der Waals surface area contributed by atoms with E-state index in [1.807, 2.05) is 6.92 Å². The second kappa shape index (κ2) is 6.06. The molecule has 4 nitrogen and oxygen atoms in total. The van der Waals surface area contributed by atoms with Crippen molar-refractivity contribution in [3.05, 3.63) is 29.6 Å². The molecule has 1 aromatic heterocycles. The highest BCUT2D eigenvalue weighted by Gasteiger charge is 2.27. The van der Waals surface area contributed by atoms with E-state index in [9.17, 15) is 13.6 Å². The Labute approximate surface area is 110 Å². The zero-order valence-corrected chi connectivity index (χ0v) is 10.7. The highest BCUT2D eigenvalue weighted by molar-refractivity contribution is 5.94. The highest BCUT2D eigenvalue weighted by atomic mass is 19.2. The van der Waals surface area contributed by atoms with Gasteiger partial charge in [0, 0.05) is 25.3 Å². The van der Waals surface area contributed by atoms with Crippen LogP contribution >= 0.6 is 0 Å². The Morgan fingerprint density at radius 3 is 3.11 bits per heavy atom. The SMILES string of the molecule is CCC1OCCC1CNC(=O)c1ccnc(F)c1F. The summed E-state index contributed by atoms with van der Waals surface area (Å²) in [7, 11) is 0. The summed E-state index contributed by atoms with van der Waals surface area (Å²) < 4.78 is 31.8. The Morgan fingerprint density at radius 1 is 1.58 bits per heavy atom. The molecular weight excluding hydrogens is 254 g/mol. The number of pyridine rings is 1. The second-order valence-electron chi connectivity index (χ2n) is 4.54. The average Bonchev–Trinajstić information content (AvgIpc) is 2.86. The van der Waals surface area contributed by atoms with Crippen LogP contribution in [0, 0.1) is 17.7 Å². The van der Waals surface area contributed by atoms with Gasteiger partial charge < -0.3 is 10.1 Å². The van der Waals surface area contributed by atoms with Gasteiger partial charge in [-0.05, 0) is 18.9 Å². The molecule has 1 N–H and O–H groups in total. The zero-order valence-electron chi connectivity index (χ0n) is 10.7. The summed E-state index contributed by atoms with van der Waals surface area (Å²) in [5.74, 6) is -2.87. The van der Waals surface area contributed by atoms with Gasteiger partial charge in [-0.1, -0.05) is 6.92 Å². The maximum atomic E-state index is 13.4. The molecule has 2 rings (SSSR count). The lowest BCUT2D eigenvalue weighted by Crippen LogP contribution is -2.33. The van der Waals surface area contributed by atoms with Crippen LogP contribution in [0.15, 0.2) is 12.3 Å². The number of carbonyl (C=O) groups excluding carboxylic acids is 1. The summed E-state index contributed by atoms with van der Waals surface area (Å²) in [5.41, 5.74) is -0.320. The number of hydrogen-bond acceptors (Lipinski definition) is 3. The minimum absolute atomic E-state index is 0.124. The normalized spacial score (nSPS) is 22.5. The number of hydrogen-bond donors (Lipinski definition) is 1. The maximum Gasteiger partial charge on any atom is 0.254 e. The molecule has 19 heavy (non-hydrogen) atoms. The van der Waals surface area contributed by atoms with Crippen LogP contribution in [0.2, 0.25) is 0 Å². The largest absolute Gasteiger partial charge is 0.378 e. The first-order valence-electron chi connectivity index (χ1n) is 6.33. The predicted octanol–water partition coefficient (Wildman–Crippen LogP) is 1.90. The number of nitrogens with zero attached hydrogens (tertiary/aromatic N) is 1. The van der Waals surface area contributed by atoms with Gasteiger partial charge in [0.15, 0.2) is 5.82 Å². The van der Waals surface area contributed by atoms with Gasteiger partial charge in [0.2, 0.25) is 5.95 Å². The summed E-state index contributed by atoms with van der Waals surface area (Å²) in [5, 5.41) is 2.62. The second-order valence-corrected chi connectivity index (χ2v) is 4.54. The quantitative estimate of drug-likeness (QED) is 0.850. The van der Waals surface area contributed by atoms with Gasteiger partial charge in [0.25, 0.3) is 5.91 Å². The molecule has 0 bridgehead atoms. The fourth-order valence-corrected chi connectivity index (χ4v) is 2.29. The summed E-state index contributed by atoms with van der Waals surface area (Å²) >= 11 is 0. The van der Waals surface area contributed by atoms with Gasteiger partial charge in [-0.3, -0.25) is 4.79 Å². The molecule has 1 amide bonds. The summed E-state index contributed by atoms with van der Waals surface area (Å²) in [6.45, 7) is 3.10. The third-order valence-corrected chi connectivity index (χ3v) is 3.36. The van der Waals surface area contributed by atoms with Crippen LogP contribution < -0.4 is 5.32 Å². The van der Waals surface area contributed by atoms with Gasteiger partial charge in [-0.2, -0.15) is 4.39 Å². The number of nitrogens with one attached hydrogen (secondary N) is 1. The average molecular weight is 270 g/mol. The van der Waals surface area contributed by atoms with Crippen molar-refractivity contribution in [2.75, 3.05) is 13.2 Å². The molecular formula is C13H16F2N2O2. The van der Waals surface area contributed by atoms with Crippen LogP contribution in [0.4, 0.5) is 8.78 Å². The molecule has 6 heteroatoms. The highest BCUT2D eigenvalue weighted by Crippen LogP contribution is 2.22. The fourth-order valence-electron chi connectivity index (χ4n) is 2.29. The lowest BCUT2D eigenvalue weighted by molar-refractivity contribution is 0.0825. The molecule has 1 aliphatic heterocycles. The monoisotopic (exact) mass is 270 g/mol. The van der Waals surface area contributed by atoms with Crippen molar-refractivity contribution in [1.82, 2.24) is 10.3 Å². The number of ether oxygens (including phenoxy) is 1. The molecule has 0 saturated carbocycles. The van der Waals surface area contributed by atoms with E-state index in [0.717, 1.165) is 25.1 Å². The van der Waals surface area contributed by atoms with E-state index in [0.29, 0.717) is 13.2 Å². The number of amides is 1. The van der Waals surface area contributed by atoms with Crippen LogP contribution in [0.25, 0.3) is 0 Å². The van der Waals surface area contributed by atoms with Gasteiger partial charge in [-0.15, -0.1) is 0 Å². The topological polar surface area (TPSA) is 51.2 Å². The minimum Gasteiger partial charge on any atom is -0.378 e. The van der Waals surface area contributed by atoms with Gasteiger partial charge in [0.1, 0.15) is 0 Å². The smallest absolute Gasteiger partial charge is 0.254 e. The molecule has 1 saturated heterocycles. The molecule has 2 heterocycles. The Kier molecular flexibility index (Phi) is 4.42. The van der Waals surface area contributed by atoms with Crippen molar-refractivity contribution in [3.8, 4) is 0 Å². The van der Waals surface area contributed by atoms with Crippen molar-refractivity contribution in [2.45, 2.75) is 25.9 Å². The van der Waals surface area contributed by atoms with E-state index in [2.05, 4.69) is 10.3 Å². The Balaban J connectivity index is 1.96. The Bertz CT molecular complexity index is 468. The molecule has 2 unspecified atom stereocenters. The molecule has 0 radical (unpaired) electrons. The molecule has 1 aliphatic rings. The van der Waals surface area contributed by atoms with E-state index >= 15 is 0 Å². The number of carbonyl (C=O) groups is 1. The summed E-state index contributed by atoms with van der Waals surface area (Å²) in [6, 6.07) is 1.16. The predicted molar refractivity (Wildman–Crippen MR) is 64.6 cm³/mol. The van der Waals surface area contributed by atoms with Crippen LogP contribution in [-0.4, -0.2) is 30.1 Å². The first kappa shape index (κ1) is 13.9. The van der Waals surface area contributed by atoms with Crippen molar-refractivity contribution in [2.24, 2.45) is 5.92 Å². The van der Waals surface area contributed by atoms with Crippen LogP contribution in [-0.2, 0) is 4.74 Å². The van der Waals surface area contributed by atoms with Crippen molar-refractivity contribution in [1.29, 1.82) is 0 Å². The first-order valence-corrected chi connectivity index (χ1v) is 6.33. The van der Waals surface area contributed by atoms with E-state index in [1.54, 1.807) is 0 Å². The molecule has 104 valence electrons. The third kappa shape index (κ3) is 3.07. The molecule has 1 fully saturated rings. The fraction of sp³-hybridized carbons (Fsp3) is 0.538. The van der Waals surface area contributed by atoms with Crippen LogP contribution in [0.1, 0.15) is 30.1 Å². The molecule has 0 spiro atoms. The van der Waals surface area contributed by atoms with Crippen LogP contribution in [0.3, 0.4) is 0 Å². The van der Waals surface area contributed by atoms with Gasteiger partial charge in [0.05, 0.1) is 11.7 Å². The molecule has 1 aromatic rings. The Hall–Kier alpha value is -1.56. The van der Waals surface area contributed by atoms with Crippen LogP contribution in [0.5, 0.6) is 0 Å². The van der Waals surface area contributed by atoms with Crippen molar-refractivity contribution in [3.63, 3.8) is 0 Å². The van der Waals surface area contributed by atoms with E-state index in [4.69, 9.17) is 4.74 Å². The van der Waals surface area contributed by atoms with Crippen molar-refractivity contribution < 1.29 is 18.3 Å². The van der Waals surface area contributed by atoms with Gasteiger partial charge >= 0.3 is 0 Å². The number of aromatic nitrogens is 1. The van der Waals surface area contributed by atoms with E-state index < -0.39 is 17.7 Å². The number of rotatable bonds is 4. The lowest BCUT2D eigenvalue weighted by atomic mass is 9.99. The number of halogens is 2. The lowest BCUT2D eigenvalue weighted by Gasteiger charge is -2.17. The minimum atomic E-state index is -1.26.